The molecular weight excluding hydrogens is 266 g/mol. The topological polar surface area (TPSA) is 28.2 Å². The number of hydrogen-bond acceptors (Lipinski definition) is 4. The summed E-state index contributed by atoms with van der Waals surface area (Å²) in [5.41, 5.74) is 1.35. The fourth-order valence-electron chi connectivity index (χ4n) is 3.62. The molecule has 0 aromatic carbocycles. The zero-order valence-corrected chi connectivity index (χ0v) is 13.8. The van der Waals surface area contributed by atoms with Gasteiger partial charge in [-0.15, -0.1) is 0 Å². The number of aromatic nitrogens is 1. The molecule has 20 heavy (non-hydrogen) atoms. The van der Waals surface area contributed by atoms with Crippen molar-refractivity contribution in [1.29, 1.82) is 0 Å². The van der Waals surface area contributed by atoms with Crippen molar-refractivity contribution in [2.75, 3.05) is 19.0 Å². The zero-order valence-electron chi connectivity index (χ0n) is 13.0. The highest BCUT2D eigenvalue weighted by atomic mass is 32.1. The molecule has 2 aliphatic rings. The molecule has 112 valence electrons. The molecule has 1 aromatic rings. The number of thiazole rings is 1. The third-order valence-corrected chi connectivity index (χ3v) is 6.42. The first-order chi connectivity index (χ1) is 9.69. The van der Waals surface area contributed by atoms with Gasteiger partial charge in [0, 0.05) is 24.0 Å². The molecule has 1 fully saturated rings. The van der Waals surface area contributed by atoms with Crippen molar-refractivity contribution < 1.29 is 0 Å². The van der Waals surface area contributed by atoms with E-state index in [2.05, 4.69) is 31.2 Å². The summed E-state index contributed by atoms with van der Waals surface area (Å²) in [7, 11) is 4.32. The van der Waals surface area contributed by atoms with Gasteiger partial charge < -0.3 is 10.2 Å². The van der Waals surface area contributed by atoms with E-state index in [0.29, 0.717) is 12.1 Å². The second kappa shape index (κ2) is 6.02. The van der Waals surface area contributed by atoms with Crippen molar-refractivity contribution >= 4 is 16.5 Å². The van der Waals surface area contributed by atoms with E-state index in [1.165, 1.54) is 60.6 Å². The van der Waals surface area contributed by atoms with Crippen LogP contribution in [0, 0.1) is 5.92 Å². The minimum absolute atomic E-state index is 0.532. The Morgan fingerprint density at radius 3 is 2.65 bits per heavy atom. The lowest BCUT2D eigenvalue weighted by atomic mass is 9.87. The fraction of sp³-hybridized carbons (Fsp3) is 0.812. The standard InChI is InChI=1S/C16H27N3S/c1-11-7-9-12(10-8-11)19(3)16-18-14-6-4-5-13(17-2)15(14)20-16/h11-13,17H,4-10H2,1-3H3. The average molecular weight is 293 g/mol. The number of hydrogen-bond donors (Lipinski definition) is 1. The van der Waals surface area contributed by atoms with E-state index in [9.17, 15) is 0 Å². The first-order valence-corrected chi connectivity index (χ1v) is 8.90. The van der Waals surface area contributed by atoms with Crippen molar-refractivity contribution in [3.05, 3.63) is 10.6 Å². The van der Waals surface area contributed by atoms with Crippen LogP contribution in [-0.2, 0) is 6.42 Å². The molecular formula is C16H27N3S. The smallest absolute Gasteiger partial charge is 0.185 e. The highest BCUT2D eigenvalue weighted by molar-refractivity contribution is 7.15. The molecule has 0 amide bonds. The second-order valence-electron chi connectivity index (χ2n) is 6.57. The molecule has 2 aliphatic carbocycles. The van der Waals surface area contributed by atoms with Gasteiger partial charge in [-0.2, -0.15) is 0 Å². The lowest BCUT2D eigenvalue weighted by Crippen LogP contribution is -2.34. The summed E-state index contributed by atoms with van der Waals surface area (Å²) in [6, 6.07) is 1.23. The van der Waals surface area contributed by atoms with Gasteiger partial charge in [-0.3, -0.25) is 0 Å². The van der Waals surface area contributed by atoms with E-state index in [1.54, 1.807) is 0 Å². The number of rotatable bonds is 3. The minimum atomic E-state index is 0.532. The van der Waals surface area contributed by atoms with Crippen molar-refractivity contribution in [1.82, 2.24) is 10.3 Å². The van der Waals surface area contributed by atoms with Crippen LogP contribution >= 0.6 is 11.3 Å². The SMILES string of the molecule is CNC1CCCc2nc(N(C)C3CCC(C)CC3)sc21. The van der Waals surface area contributed by atoms with Crippen LogP contribution in [-0.4, -0.2) is 25.1 Å². The second-order valence-corrected chi connectivity index (χ2v) is 7.57. The fourth-order valence-corrected chi connectivity index (χ4v) is 4.91. The van der Waals surface area contributed by atoms with Crippen LogP contribution in [0.5, 0.6) is 0 Å². The molecule has 1 aromatic heterocycles. The molecule has 0 saturated heterocycles. The summed E-state index contributed by atoms with van der Waals surface area (Å²) in [6.07, 6.45) is 9.11. The number of nitrogens with zero attached hydrogens (tertiary/aromatic N) is 2. The monoisotopic (exact) mass is 293 g/mol. The summed E-state index contributed by atoms with van der Waals surface area (Å²) >= 11 is 1.92. The predicted molar refractivity (Wildman–Crippen MR) is 86.7 cm³/mol. The Balaban J connectivity index is 1.75. The number of aryl methyl sites for hydroxylation is 1. The molecule has 3 rings (SSSR count). The molecule has 0 aliphatic heterocycles. The van der Waals surface area contributed by atoms with Gasteiger partial charge in [0.2, 0.25) is 0 Å². The van der Waals surface area contributed by atoms with Crippen LogP contribution in [0.3, 0.4) is 0 Å². The van der Waals surface area contributed by atoms with Gasteiger partial charge in [-0.05, 0) is 57.9 Å². The van der Waals surface area contributed by atoms with Gasteiger partial charge in [0.15, 0.2) is 5.13 Å². The predicted octanol–water partition coefficient (Wildman–Crippen LogP) is 3.75. The van der Waals surface area contributed by atoms with Crippen molar-refractivity contribution in [2.45, 2.75) is 64.0 Å². The highest BCUT2D eigenvalue weighted by Crippen LogP contribution is 2.39. The van der Waals surface area contributed by atoms with Gasteiger partial charge in [0.25, 0.3) is 0 Å². The van der Waals surface area contributed by atoms with Crippen molar-refractivity contribution in [3.8, 4) is 0 Å². The Labute approximate surface area is 126 Å². The first-order valence-electron chi connectivity index (χ1n) is 8.08. The summed E-state index contributed by atoms with van der Waals surface area (Å²) < 4.78 is 0. The molecule has 1 atom stereocenters. The lowest BCUT2D eigenvalue weighted by Gasteiger charge is -2.33. The number of fused-ring (bicyclic) bond motifs is 1. The molecule has 1 heterocycles. The summed E-state index contributed by atoms with van der Waals surface area (Å²) in [6.45, 7) is 2.38. The maximum Gasteiger partial charge on any atom is 0.185 e. The Hall–Kier alpha value is -0.610. The third-order valence-electron chi connectivity index (χ3n) is 5.12. The molecule has 3 nitrogen and oxygen atoms in total. The molecule has 0 bridgehead atoms. The minimum Gasteiger partial charge on any atom is -0.348 e. The van der Waals surface area contributed by atoms with Crippen LogP contribution < -0.4 is 10.2 Å². The third kappa shape index (κ3) is 2.73. The maximum atomic E-state index is 4.95. The van der Waals surface area contributed by atoms with Gasteiger partial charge in [-0.1, -0.05) is 18.3 Å². The molecule has 1 saturated carbocycles. The first kappa shape index (κ1) is 14.3. The average Bonchev–Trinajstić information content (AvgIpc) is 2.91. The lowest BCUT2D eigenvalue weighted by molar-refractivity contribution is 0.340. The van der Waals surface area contributed by atoms with Gasteiger partial charge in [0.05, 0.1) is 5.69 Å². The number of anilines is 1. The summed E-state index contributed by atoms with van der Waals surface area (Å²) in [4.78, 5) is 8.90. The van der Waals surface area contributed by atoms with E-state index in [0.717, 1.165) is 5.92 Å². The highest BCUT2D eigenvalue weighted by Gasteiger charge is 2.27. The van der Waals surface area contributed by atoms with E-state index >= 15 is 0 Å². The van der Waals surface area contributed by atoms with E-state index in [1.807, 2.05) is 11.3 Å². The van der Waals surface area contributed by atoms with Crippen LogP contribution in [0.2, 0.25) is 0 Å². The molecule has 0 spiro atoms. The van der Waals surface area contributed by atoms with Crippen molar-refractivity contribution in [2.24, 2.45) is 5.92 Å². The number of nitrogens with one attached hydrogen (secondary N) is 1. The largest absolute Gasteiger partial charge is 0.348 e. The van der Waals surface area contributed by atoms with E-state index in [-0.39, 0.29) is 0 Å². The molecule has 0 radical (unpaired) electrons. The van der Waals surface area contributed by atoms with Crippen LogP contribution in [0.25, 0.3) is 0 Å². The van der Waals surface area contributed by atoms with Gasteiger partial charge in [0.1, 0.15) is 0 Å². The summed E-state index contributed by atoms with van der Waals surface area (Å²) in [5.74, 6) is 0.915. The van der Waals surface area contributed by atoms with Crippen LogP contribution in [0.4, 0.5) is 5.13 Å². The van der Waals surface area contributed by atoms with E-state index in [4.69, 9.17) is 4.98 Å². The van der Waals surface area contributed by atoms with Gasteiger partial charge >= 0.3 is 0 Å². The van der Waals surface area contributed by atoms with Crippen molar-refractivity contribution in [3.63, 3.8) is 0 Å². The molecule has 4 heteroatoms. The van der Waals surface area contributed by atoms with Gasteiger partial charge in [-0.25, -0.2) is 4.98 Å². The Morgan fingerprint density at radius 2 is 1.95 bits per heavy atom. The Morgan fingerprint density at radius 1 is 1.20 bits per heavy atom. The van der Waals surface area contributed by atoms with Crippen LogP contribution in [0.1, 0.15) is 62.1 Å². The Bertz CT molecular complexity index is 449. The maximum absolute atomic E-state index is 4.95. The normalized spacial score (nSPS) is 30.1. The van der Waals surface area contributed by atoms with Crippen LogP contribution in [0.15, 0.2) is 0 Å². The summed E-state index contributed by atoms with van der Waals surface area (Å²) in [5, 5.41) is 4.70. The Kier molecular flexibility index (Phi) is 4.32. The molecule has 1 unspecified atom stereocenters. The molecule has 1 N–H and O–H groups in total. The zero-order chi connectivity index (χ0) is 14.1. The van der Waals surface area contributed by atoms with E-state index < -0.39 is 0 Å². The quantitative estimate of drug-likeness (QED) is 0.920.